The lowest BCUT2D eigenvalue weighted by Gasteiger charge is -2.30. The van der Waals surface area contributed by atoms with Crippen LogP contribution in [-0.2, 0) is 22.5 Å². The van der Waals surface area contributed by atoms with Gasteiger partial charge in [-0.05, 0) is 30.5 Å². The van der Waals surface area contributed by atoms with Crippen LogP contribution in [0.15, 0.2) is 73.1 Å². The number of hydrogen-bond donors (Lipinski definition) is 3. The lowest BCUT2D eigenvalue weighted by molar-refractivity contribution is 0.102. The number of aryl methyl sites for hydroxylation is 1. The predicted molar refractivity (Wildman–Crippen MR) is 160 cm³/mol. The normalized spacial score (nSPS) is 12.9. The second-order valence-corrected chi connectivity index (χ2v) is 9.82. The second kappa shape index (κ2) is 13.6. The van der Waals surface area contributed by atoms with Crippen molar-refractivity contribution in [1.29, 1.82) is 0 Å². The third kappa shape index (κ3) is 7.38. The molecule has 11 heteroatoms. The molecular weight excluding hydrogens is 534 g/mol. The Balaban J connectivity index is 1.20. The summed E-state index contributed by atoms with van der Waals surface area (Å²) in [7, 11) is 0. The largest absolute Gasteiger partial charge is 0.445 e. The van der Waals surface area contributed by atoms with Crippen molar-refractivity contribution < 1.29 is 19.1 Å². The van der Waals surface area contributed by atoms with Gasteiger partial charge in [0.15, 0.2) is 11.5 Å². The molecule has 0 spiro atoms. The minimum absolute atomic E-state index is 0.0308. The van der Waals surface area contributed by atoms with E-state index in [1.165, 1.54) is 6.20 Å². The van der Waals surface area contributed by atoms with E-state index in [0.717, 1.165) is 28.1 Å². The molecule has 3 heterocycles. The molecule has 2 amide bonds. The van der Waals surface area contributed by atoms with E-state index in [1.807, 2.05) is 67.6 Å². The monoisotopic (exact) mass is 567 g/mol. The van der Waals surface area contributed by atoms with E-state index in [9.17, 15) is 9.59 Å². The number of carbonyl (C=O) groups excluding carboxylic acids is 2. The first-order valence-electron chi connectivity index (χ1n) is 13.7. The summed E-state index contributed by atoms with van der Waals surface area (Å²) in [5, 5.41) is 5.69. The van der Waals surface area contributed by atoms with Crippen molar-refractivity contribution in [2.45, 2.75) is 20.0 Å². The van der Waals surface area contributed by atoms with Gasteiger partial charge in [-0.25, -0.2) is 14.8 Å². The molecule has 4 N–H and O–H groups in total. The lowest BCUT2D eigenvalue weighted by atomic mass is 10.1. The molecule has 216 valence electrons. The molecular formula is C31H33N7O4. The molecule has 0 radical (unpaired) electrons. The van der Waals surface area contributed by atoms with Crippen molar-refractivity contribution in [3.63, 3.8) is 0 Å². The molecule has 1 aliphatic heterocycles. The van der Waals surface area contributed by atoms with Gasteiger partial charge in [0.05, 0.1) is 42.7 Å². The van der Waals surface area contributed by atoms with Crippen LogP contribution in [0.25, 0.3) is 11.3 Å². The average molecular weight is 568 g/mol. The molecule has 5 rings (SSSR count). The van der Waals surface area contributed by atoms with Crippen LogP contribution in [-0.4, -0.2) is 59.8 Å². The highest BCUT2D eigenvalue weighted by atomic mass is 16.5. The molecule has 0 unspecified atom stereocenters. The number of amides is 2. The van der Waals surface area contributed by atoms with E-state index in [1.54, 1.807) is 6.20 Å². The first-order chi connectivity index (χ1) is 20.5. The van der Waals surface area contributed by atoms with Gasteiger partial charge in [0.1, 0.15) is 6.61 Å². The number of carbonyl (C=O) groups is 2. The van der Waals surface area contributed by atoms with Crippen LogP contribution in [0.1, 0.15) is 27.3 Å². The van der Waals surface area contributed by atoms with Crippen molar-refractivity contribution in [2.24, 2.45) is 0 Å². The Morgan fingerprint density at radius 3 is 2.52 bits per heavy atom. The summed E-state index contributed by atoms with van der Waals surface area (Å²) in [5.74, 6) is -0.435. The molecule has 4 aromatic rings. The first-order valence-corrected chi connectivity index (χ1v) is 13.7. The SMILES string of the molecule is Cc1cc(N2CCOCC2)c(NC(=O)c2nc(-c3ccc(CCNC(=O)OCc4ccccc4)cc3)cnc2N)cn1. The van der Waals surface area contributed by atoms with Crippen molar-refractivity contribution in [3.05, 3.63) is 95.6 Å². The summed E-state index contributed by atoms with van der Waals surface area (Å²) in [5.41, 5.74) is 11.6. The van der Waals surface area contributed by atoms with Crippen LogP contribution in [0.5, 0.6) is 0 Å². The van der Waals surface area contributed by atoms with Crippen molar-refractivity contribution in [2.75, 3.05) is 48.8 Å². The van der Waals surface area contributed by atoms with E-state index in [0.29, 0.717) is 50.7 Å². The van der Waals surface area contributed by atoms with Crippen molar-refractivity contribution in [3.8, 4) is 11.3 Å². The number of anilines is 3. The zero-order chi connectivity index (χ0) is 29.3. The van der Waals surface area contributed by atoms with Gasteiger partial charge in [-0.1, -0.05) is 54.6 Å². The number of rotatable bonds is 9. The third-order valence-electron chi connectivity index (χ3n) is 6.78. The van der Waals surface area contributed by atoms with E-state index < -0.39 is 12.0 Å². The fourth-order valence-corrected chi connectivity index (χ4v) is 4.52. The van der Waals surface area contributed by atoms with E-state index in [2.05, 4.69) is 30.5 Å². The summed E-state index contributed by atoms with van der Waals surface area (Å²) < 4.78 is 10.7. The Morgan fingerprint density at radius 2 is 1.76 bits per heavy atom. The van der Waals surface area contributed by atoms with E-state index in [-0.39, 0.29) is 18.1 Å². The van der Waals surface area contributed by atoms with Crippen LogP contribution < -0.4 is 21.3 Å². The topological polar surface area (TPSA) is 145 Å². The Hall–Kier alpha value is -5.03. The highest BCUT2D eigenvalue weighted by Gasteiger charge is 2.20. The summed E-state index contributed by atoms with van der Waals surface area (Å²) in [6, 6.07) is 19.1. The van der Waals surface area contributed by atoms with Gasteiger partial charge >= 0.3 is 6.09 Å². The maximum absolute atomic E-state index is 13.3. The molecule has 0 saturated carbocycles. The molecule has 0 bridgehead atoms. The van der Waals surface area contributed by atoms with Crippen LogP contribution in [0.3, 0.4) is 0 Å². The maximum Gasteiger partial charge on any atom is 0.407 e. The Labute approximate surface area is 244 Å². The molecule has 1 aliphatic rings. The molecule has 11 nitrogen and oxygen atoms in total. The van der Waals surface area contributed by atoms with Crippen LogP contribution in [0.2, 0.25) is 0 Å². The maximum atomic E-state index is 13.3. The lowest BCUT2D eigenvalue weighted by Crippen LogP contribution is -2.37. The summed E-state index contributed by atoms with van der Waals surface area (Å²) in [6.07, 6.45) is 3.34. The molecule has 1 saturated heterocycles. The minimum atomic E-state index is -0.469. The number of pyridine rings is 1. The van der Waals surface area contributed by atoms with Gasteiger partial charge in [-0.2, -0.15) is 0 Å². The van der Waals surface area contributed by atoms with E-state index in [4.69, 9.17) is 15.2 Å². The summed E-state index contributed by atoms with van der Waals surface area (Å²) >= 11 is 0. The number of alkyl carbamates (subject to hydrolysis) is 1. The molecule has 1 fully saturated rings. The number of hydrogen-bond acceptors (Lipinski definition) is 9. The number of nitrogens with two attached hydrogens (primary N) is 1. The summed E-state index contributed by atoms with van der Waals surface area (Å²) in [4.78, 5) is 40.5. The number of nitrogens with zero attached hydrogens (tertiary/aromatic N) is 4. The molecule has 0 aliphatic carbocycles. The quantitative estimate of drug-likeness (QED) is 0.273. The van der Waals surface area contributed by atoms with Crippen LogP contribution >= 0.6 is 0 Å². The number of nitrogens with one attached hydrogen (secondary N) is 2. The van der Waals surface area contributed by atoms with Gasteiger partial charge in [0.2, 0.25) is 0 Å². The van der Waals surface area contributed by atoms with Gasteiger partial charge < -0.3 is 30.7 Å². The number of ether oxygens (including phenoxy) is 2. The Bertz CT molecular complexity index is 1520. The smallest absolute Gasteiger partial charge is 0.407 e. The van der Waals surface area contributed by atoms with Gasteiger partial charge in [0.25, 0.3) is 5.91 Å². The highest BCUT2D eigenvalue weighted by molar-refractivity contribution is 6.07. The van der Waals surface area contributed by atoms with Crippen molar-refractivity contribution in [1.82, 2.24) is 20.3 Å². The standard InChI is InChI=1S/C31H33N7O4/c1-21-17-27(38-13-15-41-16-14-38)26(19-34-21)37-30(39)28-29(32)35-18-25(36-28)24-9-7-22(8-10-24)11-12-33-31(40)42-20-23-5-3-2-4-6-23/h2-10,17-19H,11-16,20H2,1H3,(H2,32,35)(H,33,40)(H,37,39). The van der Waals surface area contributed by atoms with Crippen LogP contribution in [0, 0.1) is 6.92 Å². The number of aromatic nitrogens is 3. The first kappa shape index (κ1) is 28.5. The fraction of sp³-hybridized carbons (Fsp3) is 0.258. The van der Waals surface area contributed by atoms with Gasteiger partial charge in [-0.3, -0.25) is 9.78 Å². The van der Waals surface area contributed by atoms with E-state index >= 15 is 0 Å². The number of morpholine rings is 1. The predicted octanol–water partition coefficient (Wildman–Crippen LogP) is 3.99. The zero-order valence-electron chi connectivity index (χ0n) is 23.4. The van der Waals surface area contributed by atoms with Crippen molar-refractivity contribution >= 4 is 29.2 Å². The zero-order valence-corrected chi connectivity index (χ0v) is 23.4. The Morgan fingerprint density at radius 1 is 1.00 bits per heavy atom. The second-order valence-electron chi connectivity index (χ2n) is 9.82. The molecule has 42 heavy (non-hydrogen) atoms. The van der Waals surface area contributed by atoms with Gasteiger partial charge in [-0.15, -0.1) is 0 Å². The van der Waals surface area contributed by atoms with Crippen LogP contribution in [0.4, 0.5) is 22.0 Å². The minimum Gasteiger partial charge on any atom is -0.445 e. The number of benzene rings is 2. The third-order valence-corrected chi connectivity index (χ3v) is 6.78. The summed E-state index contributed by atoms with van der Waals surface area (Å²) in [6.45, 7) is 5.23. The Kier molecular flexibility index (Phi) is 9.20. The molecule has 2 aromatic heterocycles. The number of nitrogen functional groups attached to an aromatic ring is 1. The highest BCUT2D eigenvalue weighted by Crippen LogP contribution is 2.28. The van der Waals surface area contributed by atoms with Gasteiger partial charge in [0, 0.05) is 30.9 Å². The fourth-order valence-electron chi connectivity index (χ4n) is 4.52. The molecule has 0 atom stereocenters. The average Bonchev–Trinajstić information content (AvgIpc) is 3.02. The molecule has 2 aromatic carbocycles.